The molecule has 0 aromatic carbocycles. The quantitative estimate of drug-likeness (QED) is 0.925. The van der Waals surface area contributed by atoms with Gasteiger partial charge in [-0.1, -0.05) is 0 Å². The molecule has 1 atom stereocenters. The molecule has 2 aromatic heterocycles. The molecule has 7 nitrogen and oxygen atoms in total. The average molecular weight is 301 g/mol. The number of hydrogen-bond acceptors (Lipinski definition) is 5. The van der Waals surface area contributed by atoms with Gasteiger partial charge in [-0.05, 0) is 18.9 Å². The number of piperidine rings is 1. The zero-order valence-corrected chi connectivity index (χ0v) is 12.7. The number of aryl methyl sites for hydroxylation is 1. The Morgan fingerprint density at radius 1 is 1.36 bits per heavy atom. The van der Waals surface area contributed by atoms with Crippen molar-refractivity contribution in [1.82, 2.24) is 14.8 Å². The zero-order chi connectivity index (χ0) is 15.5. The molecule has 1 amide bonds. The van der Waals surface area contributed by atoms with Crippen molar-refractivity contribution >= 4 is 17.3 Å². The van der Waals surface area contributed by atoms with E-state index in [4.69, 9.17) is 4.74 Å². The normalized spacial score (nSPS) is 18.4. The van der Waals surface area contributed by atoms with Gasteiger partial charge in [0.05, 0.1) is 30.9 Å². The van der Waals surface area contributed by atoms with Crippen LogP contribution < -0.4 is 15.0 Å². The molecule has 0 bridgehead atoms. The Bertz CT molecular complexity index is 652. The van der Waals surface area contributed by atoms with E-state index in [2.05, 4.69) is 15.4 Å². The fourth-order valence-corrected chi connectivity index (χ4v) is 2.60. The van der Waals surface area contributed by atoms with Crippen molar-refractivity contribution in [1.29, 1.82) is 0 Å². The van der Waals surface area contributed by atoms with Crippen LogP contribution >= 0.6 is 0 Å². The molecule has 0 radical (unpaired) electrons. The second-order valence-electron chi connectivity index (χ2n) is 5.29. The molecule has 0 spiro atoms. The van der Waals surface area contributed by atoms with Gasteiger partial charge in [-0.25, -0.2) is 4.98 Å². The molecule has 1 aliphatic rings. The number of nitrogens with zero attached hydrogens (tertiary/aromatic N) is 4. The van der Waals surface area contributed by atoms with Crippen LogP contribution in [0.1, 0.15) is 12.8 Å². The van der Waals surface area contributed by atoms with Crippen LogP contribution in [0, 0.1) is 0 Å². The second-order valence-corrected chi connectivity index (χ2v) is 5.29. The average Bonchev–Trinajstić information content (AvgIpc) is 2.96. The Balaban J connectivity index is 1.72. The summed E-state index contributed by atoms with van der Waals surface area (Å²) >= 11 is 0. The molecular weight excluding hydrogens is 282 g/mol. The Morgan fingerprint density at radius 2 is 2.23 bits per heavy atom. The van der Waals surface area contributed by atoms with Crippen molar-refractivity contribution in [3.8, 4) is 5.88 Å². The molecule has 1 unspecified atom stereocenters. The standard InChI is InChI=1S/C15H19N5O2/c1-19-10-12(9-17-19)20-7-3-4-13(15(20)21)18-11-5-6-14(22-2)16-8-11/h5-6,8-10,13,18H,3-4,7H2,1-2H3. The van der Waals surface area contributed by atoms with Crippen LogP contribution in [-0.4, -0.2) is 40.4 Å². The number of amides is 1. The summed E-state index contributed by atoms with van der Waals surface area (Å²) in [6.07, 6.45) is 7.00. The van der Waals surface area contributed by atoms with Crippen molar-refractivity contribution in [3.63, 3.8) is 0 Å². The van der Waals surface area contributed by atoms with E-state index in [-0.39, 0.29) is 11.9 Å². The van der Waals surface area contributed by atoms with E-state index in [1.54, 1.807) is 35.2 Å². The number of aromatic nitrogens is 3. The highest BCUT2D eigenvalue weighted by Crippen LogP contribution is 2.23. The molecule has 22 heavy (non-hydrogen) atoms. The minimum Gasteiger partial charge on any atom is -0.481 e. The fourth-order valence-electron chi connectivity index (χ4n) is 2.60. The van der Waals surface area contributed by atoms with Gasteiger partial charge in [-0.3, -0.25) is 9.48 Å². The van der Waals surface area contributed by atoms with Crippen molar-refractivity contribution in [2.45, 2.75) is 18.9 Å². The number of methoxy groups -OCH3 is 1. The van der Waals surface area contributed by atoms with Crippen LogP contribution in [0.15, 0.2) is 30.7 Å². The number of nitrogens with one attached hydrogen (secondary N) is 1. The maximum absolute atomic E-state index is 12.6. The molecular formula is C15H19N5O2. The van der Waals surface area contributed by atoms with Gasteiger partial charge in [0.2, 0.25) is 11.8 Å². The van der Waals surface area contributed by atoms with Crippen LogP contribution in [-0.2, 0) is 11.8 Å². The number of anilines is 2. The lowest BCUT2D eigenvalue weighted by Crippen LogP contribution is -2.47. The summed E-state index contributed by atoms with van der Waals surface area (Å²) in [4.78, 5) is 18.6. The molecule has 1 N–H and O–H groups in total. The summed E-state index contributed by atoms with van der Waals surface area (Å²) in [6.45, 7) is 0.726. The van der Waals surface area contributed by atoms with E-state index < -0.39 is 0 Å². The molecule has 0 saturated carbocycles. The topological polar surface area (TPSA) is 72.3 Å². The van der Waals surface area contributed by atoms with Crippen LogP contribution in [0.5, 0.6) is 5.88 Å². The third-order valence-electron chi connectivity index (χ3n) is 3.73. The predicted molar refractivity (Wildman–Crippen MR) is 83.0 cm³/mol. The van der Waals surface area contributed by atoms with Gasteiger partial charge in [0, 0.05) is 25.9 Å². The lowest BCUT2D eigenvalue weighted by molar-refractivity contribution is -0.120. The first-order chi connectivity index (χ1) is 10.7. The highest BCUT2D eigenvalue weighted by Gasteiger charge is 2.30. The number of carbonyl (C=O) groups is 1. The van der Waals surface area contributed by atoms with E-state index in [1.807, 2.05) is 19.3 Å². The summed E-state index contributed by atoms with van der Waals surface area (Å²) in [7, 11) is 3.42. The SMILES string of the molecule is COc1ccc(NC2CCCN(c3cnn(C)c3)C2=O)cn1. The summed E-state index contributed by atoms with van der Waals surface area (Å²) in [5.74, 6) is 0.618. The van der Waals surface area contributed by atoms with Gasteiger partial charge in [0.1, 0.15) is 6.04 Å². The van der Waals surface area contributed by atoms with Crippen molar-refractivity contribution in [2.24, 2.45) is 7.05 Å². The van der Waals surface area contributed by atoms with Gasteiger partial charge in [0.25, 0.3) is 0 Å². The molecule has 7 heteroatoms. The lowest BCUT2D eigenvalue weighted by Gasteiger charge is -2.32. The van der Waals surface area contributed by atoms with E-state index in [1.165, 1.54) is 0 Å². The Morgan fingerprint density at radius 3 is 2.86 bits per heavy atom. The van der Waals surface area contributed by atoms with Gasteiger partial charge < -0.3 is 15.0 Å². The minimum absolute atomic E-state index is 0.0649. The smallest absolute Gasteiger partial charge is 0.249 e. The second kappa shape index (κ2) is 6.05. The number of ether oxygens (including phenoxy) is 1. The van der Waals surface area contributed by atoms with E-state index in [0.29, 0.717) is 5.88 Å². The first-order valence-corrected chi connectivity index (χ1v) is 7.24. The molecule has 3 heterocycles. The maximum Gasteiger partial charge on any atom is 0.249 e. The van der Waals surface area contributed by atoms with Crippen LogP contribution in [0.25, 0.3) is 0 Å². The van der Waals surface area contributed by atoms with E-state index >= 15 is 0 Å². The highest BCUT2D eigenvalue weighted by atomic mass is 16.5. The predicted octanol–water partition coefficient (Wildman–Crippen LogP) is 1.43. The number of rotatable bonds is 4. The van der Waals surface area contributed by atoms with Crippen LogP contribution in [0.4, 0.5) is 11.4 Å². The van der Waals surface area contributed by atoms with Crippen molar-refractivity contribution < 1.29 is 9.53 Å². The van der Waals surface area contributed by atoms with E-state index in [0.717, 1.165) is 30.8 Å². The summed E-state index contributed by atoms with van der Waals surface area (Å²) < 4.78 is 6.74. The largest absolute Gasteiger partial charge is 0.481 e. The number of pyridine rings is 1. The molecule has 1 fully saturated rings. The number of hydrogen-bond donors (Lipinski definition) is 1. The molecule has 1 aliphatic heterocycles. The third kappa shape index (κ3) is 2.88. The molecule has 0 aliphatic carbocycles. The monoisotopic (exact) mass is 301 g/mol. The summed E-state index contributed by atoms with van der Waals surface area (Å²) in [6, 6.07) is 3.39. The first-order valence-electron chi connectivity index (χ1n) is 7.24. The summed E-state index contributed by atoms with van der Waals surface area (Å²) in [5, 5.41) is 7.38. The van der Waals surface area contributed by atoms with Gasteiger partial charge in [-0.2, -0.15) is 5.10 Å². The fraction of sp³-hybridized carbons (Fsp3) is 0.400. The Hall–Kier alpha value is -2.57. The molecule has 1 saturated heterocycles. The van der Waals surface area contributed by atoms with Crippen molar-refractivity contribution in [2.75, 3.05) is 23.9 Å². The first kappa shape index (κ1) is 14.4. The van der Waals surface area contributed by atoms with Gasteiger partial charge in [-0.15, -0.1) is 0 Å². The molecule has 2 aromatic rings. The van der Waals surface area contributed by atoms with Crippen molar-refractivity contribution in [3.05, 3.63) is 30.7 Å². The number of carbonyl (C=O) groups excluding carboxylic acids is 1. The van der Waals surface area contributed by atoms with Gasteiger partial charge >= 0.3 is 0 Å². The Labute approximate surface area is 128 Å². The Kier molecular flexibility index (Phi) is 3.95. The minimum atomic E-state index is -0.246. The lowest BCUT2D eigenvalue weighted by atomic mass is 10.0. The summed E-state index contributed by atoms with van der Waals surface area (Å²) in [5.41, 5.74) is 1.65. The zero-order valence-electron chi connectivity index (χ0n) is 12.7. The van der Waals surface area contributed by atoms with Crippen LogP contribution in [0.3, 0.4) is 0 Å². The highest BCUT2D eigenvalue weighted by molar-refractivity contribution is 5.99. The molecule has 3 rings (SSSR count). The van der Waals surface area contributed by atoms with Crippen LogP contribution in [0.2, 0.25) is 0 Å². The third-order valence-corrected chi connectivity index (χ3v) is 3.73. The van der Waals surface area contributed by atoms with Gasteiger partial charge in [0.15, 0.2) is 0 Å². The van der Waals surface area contributed by atoms with E-state index in [9.17, 15) is 4.79 Å². The maximum atomic E-state index is 12.6. The molecule has 116 valence electrons.